The lowest BCUT2D eigenvalue weighted by atomic mass is 10.0. The molecule has 1 aromatic carbocycles. The van der Waals surface area contributed by atoms with Crippen molar-refractivity contribution in [2.45, 2.75) is 6.04 Å². The van der Waals surface area contributed by atoms with Gasteiger partial charge in [-0.1, -0.05) is 36.4 Å². The van der Waals surface area contributed by atoms with Crippen LogP contribution in [0.2, 0.25) is 0 Å². The molecule has 2 heterocycles. The summed E-state index contributed by atoms with van der Waals surface area (Å²) in [5.74, 6) is 1.04. The Labute approximate surface area is 119 Å². The Hall–Kier alpha value is -1.91. The van der Waals surface area contributed by atoms with Crippen molar-refractivity contribution in [2.75, 3.05) is 31.1 Å². The van der Waals surface area contributed by atoms with Gasteiger partial charge in [0.1, 0.15) is 5.82 Å². The van der Waals surface area contributed by atoms with Gasteiger partial charge in [0.05, 0.1) is 6.04 Å². The lowest BCUT2D eigenvalue weighted by Crippen LogP contribution is -2.43. The summed E-state index contributed by atoms with van der Waals surface area (Å²) in [4.78, 5) is 6.87. The van der Waals surface area contributed by atoms with E-state index in [9.17, 15) is 0 Å². The maximum absolute atomic E-state index is 6.28. The van der Waals surface area contributed by atoms with Crippen LogP contribution in [0.15, 0.2) is 48.7 Å². The van der Waals surface area contributed by atoms with E-state index in [0.29, 0.717) is 0 Å². The van der Waals surface area contributed by atoms with Crippen molar-refractivity contribution in [3.8, 4) is 0 Å². The van der Waals surface area contributed by atoms with Crippen molar-refractivity contribution < 1.29 is 0 Å². The van der Waals surface area contributed by atoms with Crippen LogP contribution in [-0.4, -0.2) is 31.2 Å². The van der Waals surface area contributed by atoms with Gasteiger partial charge in [-0.2, -0.15) is 0 Å². The minimum Gasteiger partial charge on any atom is -0.354 e. The van der Waals surface area contributed by atoms with Gasteiger partial charge < -0.3 is 16.0 Å². The van der Waals surface area contributed by atoms with Crippen molar-refractivity contribution >= 4 is 5.82 Å². The van der Waals surface area contributed by atoms with E-state index in [1.807, 2.05) is 24.4 Å². The lowest BCUT2D eigenvalue weighted by Gasteiger charge is -2.28. The predicted octanol–water partition coefficient (Wildman–Crippen LogP) is 1.54. The van der Waals surface area contributed by atoms with E-state index < -0.39 is 0 Å². The highest BCUT2D eigenvalue weighted by molar-refractivity contribution is 5.41. The molecule has 0 amide bonds. The fraction of sp³-hybridized carbons (Fsp3) is 0.312. The molecule has 0 spiro atoms. The molecule has 20 heavy (non-hydrogen) atoms. The zero-order valence-electron chi connectivity index (χ0n) is 11.5. The van der Waals surface area contributed by atoms with Crippen LogP contribution in [0.4, 0.5) is 5.82 Å². The molecule has 1 aromatic heterocycles. The minimum atomic E-state index is -0.110. The van der Waals surface area contributed by atoms with Crippen LogP contribution in [0.1, 0.15) is 17.2 Å². The predicted molar refractivity (Wildman–Crippen MR) is 81.8 cm³/mol. The van der Waals surface area contributed by atoms with E-state index in [2.05, 4.69) is 39.5 Å². The molecule has 0 radical (unpaired) electrons. The Kier molecular flexibility index (Phi) is 3.95. The summed E-state index contributed by atoms with van der Waals surface area (Å²) < 4.78 is 0. The summed E-state index contributed by atoms with van der Waals surface area (Å²) in [6, 6.07) is 14.2. The van der Waals surface area contributed by atoms with Gasteiger partial charge in [0.15, 0.2) is 0 Å². The Morgan fingerprint density at radius 2 is 1.75 bits per heavy atom. The fourth-order valence-electron chi connectivity index (χ4n) is 2.52. The van der Waals surface area contributed by atoms with E-state index in [0.717, 1.165) is 43.1 Å². The average molecular weight is 268 g/mol. The second-order valence-corrected chi connectivity index (χ2v) is 5.08. The third-order valence-corrected chi connectivity index (χ3v) is 3.73. The van der Waals surface area contributed by atoms with Gasteiger partial charge in [-0.15, -0.1) is 0 Å². The molecule has 2 aromatic rings. The molecule has 104 valence electrons. The maximum atomic E-state index is 6.28. The minimum absolute atomic E-state index is 0.110. The summed E-state index contributed by atoms with van der Waals surface area (Å²) >= 11 is 0. The third kappa shape index (κ3) is 2.81. The van der Waals surface area contributed by atoms with Gasteiger partial charge in [-0.25, -0.2) is 4.98 Å². The van der Waals surface area contributed by atoms with Gasteiger partial charge in [-0.05, 0) is 17.2 Å². The van der Waals surface area contributed by atoms with E-state index in [1.54, 1.807) is 0 Å². The summed E-state index contributed by atoms with van der Waals surface area (Å²) in [5.41, 5.74) is 8.45. The SMILES string of the molecule is N[C@@H](c1ccccc1)c1ccc(N2CCNCC2)nc1. The molecule has 4 nitrogen and oxygen atoms in total. The smallest absolute Gasteiger partial charge is 0.128 e. The number of aromatic nitrogens is 1. The summed E-state index contributed by atoms with van der Waals surface area (Å²) in [6.45, 7) is 4.06. The van der Waals surface area contributed by atoms with Gasteiger partial charge in [0.25, 0.3) is 0 Å². The van der Waals surface area contributed by atoms with Gasteiger partial charge in [-0.3, -0.25) is 0 Å². The first-order chi connectivity index (χ1) is 9.84. The zero-order valence-corrected chi connectivity index (χ0v) is 11.5. The van der Waals surface area contributed by atoms with E-state index in [-0.39, 0.29) is 6.04 Å². The molecule has 3 N–H and O–H groups in total. The molecule has 4 heteroatoms. The third-order valence-electron chi connectivity index (χ3n) is 3.73. The molecule has 0 unspecified atom stereocenters. The molecule has 1 saturated heterocycles. The topological polar surface area (TPSA) is 54.2 Å². The molecule has 1 aliphatic rings. The maximum Gasteiger partial charge on any atom is 0.128 e. The Morgan fingerprint density at radius 1 is 1.00 bits per heavy atom. The number of hydrogen-bond donors (Lipinski definition) is 2. The van der Waals surface area contributed by atoms with E-state index in [1.165, 1.54) is 0 Å². The van der Waals surface area contributed by atoms with Crippen LogP contribution in [-0.2, 0) is 0 Å². The number of piperazine rings is 1. The second kappa shape index (κ2) is 6.03. The van der Waals surface area contributed by atoms with E-state index >= 15 is 0 Å². The monoisotopic (exact) mass is 268 g/mol. The number of hydrogen-bond acceptors (Lipinski definition) is 4. The van der Waals surface area contributed by atoms with Crippen LogP contribution in [0, 0.1) is 0 Å². The number of nitrogens with two attached hydrogens (primary N) is 1. The molecule has 1 fully saturated rings. The van der Waals surface area contributed by atoms with Crippen LogP contribution >= 0.6 is 0 Å². The first-order valence-corrected chi connectivity index (χ1v) is 7.07. The van der Waals surface area contributed by atoms with Gasteiger partial charge in [0.2, 0.25) is 0 Å². The first-order valence-electron chi connectivity index (χ1n) is 7.07. The highest BCUT2D eigenvalue weighted by atomic mass is 15.2. The molecular formula is C16H20N4. The average Bonchev–Trinajstić information content (AvgIpc) is 2.56. The van der Waals surface area contributed by atoms with Gasteiger partial charge >= 0.3 is 0 Å². The largest absolute Gasteiger partial charge is 0.354 e. The Balaban J connectivity index is 1.75. The standard InChI is InChI=1S/C16H20N4/c17-16(13-4-2-1-3-5-13)14-6-7-15(19-12-14)20-10-8-18-9-11-20/h1-7,12,16,18H,8-11,17H2/t16-/m0/s1. The highest BCUT2D eigenvalue weighted by Crippen LogP contribution is 2.20. The number of anilines is 1. The summed E-state index contributed by atoms with van der Waals surface area (Å²) in [6.07, 6.45) is 1.90. The van der Waals surface area contributed by atoms with Gasteiger partial charge in [0, 0.05) is 32.4 Å². The highest BCUT2D eigenvalue weighted by Gasteiger charge is 2.13. The first kappa shape index (κ1) is 13.1. The molecule has 3 rings (SSSR count). The Bertz CT molecular complexity index is 532. The van der Waals surface area contributed by atoms with Crippen molar-refractivity contribution in [1.29, 1.82) is 0 Å². The molecule has 1 aliphatic heterocycles. The Morgan fingerprint density at radius 3 is 2.40 bits per heavy atom. The summed E-state index contributed by atoms with van der Waals surface area (Å²) in [5, 5.41) is 3.35. The van der Waals surface area contributed by atoms with Crippen molar-refractivity contribution in [3.63, 3.8) is 0 Å². The number of pyridine rings is 1. The molecule has 0 saturated carbocycles. The number of nitrogens with zero attached hydrogens (tertiary/aromatic N) is 2. The van der Waals surface area contributed by atoms with E-state index in [4.69, 9.17) is 5.73 Å². The lowest BCUT2D eigenvalue weighted by molar-refractivity contribution is 0.585. The van der Waals surface area contributed by atoms with Crippen molar-refractivity contribution in [1.82, 2.24) is 10.3 Å². The second-order valence-electron chi connectivity index (χ2n) is 5.08. The zero-order chi connectivity index (χ0) is 13.8. The van der Waals surface area contributed by atoms with Crippen LogP contribution in [0.25, 0.3) is 0 Å². The summed E-state index contributed by atoms with van der Waals surface area (Å²) in [7, 11) is 0. The van der Waals surface area contributed by atoms with Crippen molar-refractivity contribution in [2.24, 2.45) is 5.73 Å². The van der Waals surface area contributed by atoms with Crippen LogP contribution < -0.4 is 16.0 Å². The molecule has 0 aliphatic carbocycles. The normalized spacial score (nSPS) is 16.9. The molecular weight excluding hydrogens is 248 g/mol. The molecule has 1 atom stereocenters. The molecule has 0 bridgehead atoms. The fourth-order valence-corrected chi connectivity index (χ4v) is 2.52. The number of nitrogens with one attached hydrogen (secondary N) is 1. The quantitative estimate of drug-likeness (QED) is 0.886. The number of benzene rings is 1. The van der Waals surface area contributed by atoms with Crippen LogP contribution in [0.5, 0.6) is 0 Å². The van der Waals surface area contributed by atoms with Crippen LogP contribution in [0.3, 0.4) is 0 Å². The van der Waals surface area contributed by atoms with Crippen molar-refractivity contribution in [3.05, 3.63) is 59.8 Å². The number of rotatable bonds is 3.